The molecule has 0 amide bonds. The van der Waals surface area contributed by atoms with E-state index in [1.807, 2.05) is 31.2 Å². The highest BCUT2D eigenvalue weighted by Crippen LogP contribution is 2.31. The molecule has 0 saturated heterocycles. The van der Waals surface area contributed by atoms with Crippen molar-refractivity contribution in [3.05, 3.63) is 35.7 Å². The van der Waals surface area contributed by atoms with Gasteiger partial charge in [-0.05, 0) is 13.0 Å². The van der Waals surface area contributed by atoms with Crippen LogP contribution in [0.25, 0.3) is 22.6 Å². The number of nitrogens with zero attached hydrogens (tertiary/aromatic N) is 2. The summed E-state index contributed by atoms with van der Waals surface area (Å²) in [7, 11) is 1.59. The lowest BCUT2D eigenvalue weighted by Gasteiger charge is -1.89. The molecule has 3 aromatic rings. The van der Waals surface area contributed by atoms with Crippen LogP contribution in [0.3, 0.4) is 0 Å². The number of furan rings is 1. The van der Waals surface area contributed by atoms with Crippen LogP contribution in [0.1, 0.15) is 11.4 Å². The van der Waals surface area contributed by atoms with Crippen molar-refractivity contribution < 1.29 is 13.7 Å². The van der Waals surface area contributed by atoms with Crippen molar-refractivity contribution in [2.45, 2.75) is 13.5 Å². The maximum atomic E-state index is 5.74. The zero-order valence-corrected chi connectivity index (χ0v) is 10.1. The Bertz CT molecular complexity index is 684. The van der Waals surface area contributed by atoms with E-state index < -0.39 is 0 Å². The molecule has 0 fully saturated rings. The second kappa shape index (κ2) is 4.27. The van der Waals surface area contributed by atoms with E-state index in [0.29, 0.717) is 24.1 Å². The van der Waals surface area contributed by atoms with Crippen LogP contribution in [0.15, 0.2) is 33.2 Å². The summed E-state index contributed by atoms with van der Waals surface area (Å²) >= 11 is 0. The molecule has 92 valence electrons. The lowest BCUT2D eigenvalue weighted by molar-refractivity contribution is 0.174. The number of hydrogen-bond acceptors (Lipinski definition) is 5. The monoisotopic (exact) mass is 244 g/mol. The van der Waals surface area contributed by atoms with E-state index in [1.165, 1.54) is 0 Å². The van der Waals surface area contributed by atoms with Crippen molar-refractivity contribution in [1.29, 1.82) is 0 Å². The Morgan fingerprint density at radius 2 is 2.11 bits per heavy atom. The quantitative estimate of drug-likeness (QED) is 0.708. The Morgan fingerprint density at radius 3 is 2.89 bits per heavy atom. The highest BCUT2D eigenvalue weighted by atomic mass is 16.5. The molecular weight excluding hydrogens is 232 g/mol. The molecule has 0 spiro atoms. The topological polar surface area (TPSA) is 61.3 Å². The summed E-state index contributed by atoms with van der Waals surface area (Å²) in [5, 5.41) is 4.88. The standard InChI is InChI=1S/C13H12N2O3/c1-8-9-5-3-4-6-10(9)17-12(8)13-14-11(7-16-2)15-18-13/h3-6H,7H2,1-2H3. The van der Waals surface area contributed by atoms with Gasteiger partial charge in [-0.3, -0.25) is 0 Å². The number of ether oxygens (including phenoxy) is 1. The van der Waals surface area contributed by atoms with Crippen molar-refractivity contribution in [2.24, 2.45) is 0 Å². The lowest BCUT2D eigenvalue weighted by Crippen LogP contribution is -1.89. The Balaban J connectivity index is 2.10. The molecule has 18 heavy (non-hydrogen) atoms. The van der Waals surface area contributed by atoms with Crippen molar-refractivity contribution in [2.75, 3.05) is 7.11 Å². The van der Waals surface area contributed by atoms with Crippen LogP contribution in [0.5, 0.6) is 0 Å². The predicted molar refractivity (Wildman–Crippen MR) is 65.0 cm³/mol. The summed E-state index contributed by atoms with van der Waals surface area (Å²) in [6, 6.07) is 7.82. The minimum Gasteiger partial charge on any atom is -0.451 e. The van der Waals surface area contributed by atoms with Crippen molar-refractivity contribution >= 4 is 11.0 Å². The minimum atomic E-state index is 0.322. The molecule has 0 aliphatic rings. The van der Waals surface area contributed by atoms with Crippen LogP contribution >= 0.6 is 0 Å². The molecule has 2 aromatic heterocycles. The van der Waals surface area contributed by atoms with Crippen molar-refractivity contribution in [3.8, 4) is 11.7 Å². The zero-order chi connectivity index (χ0) is 12.5. The number of aromatic nitrogens is 2. The van der Waals surface area contributed by atoms with Gasteiger partial charge in [0.1, 0.15) is 12.2 Å². The summed E-state index contributed by atoms with van der Waals surface area (Å²) in [5.41, 5.74) is 1.81. The number of methoxy groups -OCH3 is 1. The van der Waals surface area contributed by atoms with Gasteiger partial charge in [0.25, 0.3) is 5.89 Å². The van der Waals surface area contributed by atoms with Gasteiger partial charge in [0.05, 0.1) is 0 Å². The van der Waals surface area contributed by atoms with Gasteiger partial charge in [-0.2, -0.15) is 4.98 Å². The number of rotatable bonds is 3. The second-order valence-electron chi connectivity index (χ2n) is 4.00. The second-order valence-corrected chi connectivity index (χ2v) is 4.00. The molecule has 0 saturated carbocycles. The first-order chi connectivity index (χ1) is 8.79. The molecule has 5 heteroatoms. The molecule has 0 N–H and O–H groups in total. The van der Waals surface area contributed by atoms with E-state index in [0.717, 1.165) is 16.5 Å². The molecule has 3 rings (SSSR count). The number of aryl methyl sites for hydroxylation is 1. The third kappa shape index (κ3) is 1.69. The molecule has 1 aromatic carbocycles. The summed E-state index contributed by atoms with van der Waals surface area (Å²) in [6.07, 6.45) is 0. The first-order valence-electron chi connectivity index (χ1n) is 5.59. The highest BCUT2D eigenvalue weighted by molar-refractivity contribution is 5.86. The van der Waals surface area contributed by atoms with Crippen LogP contribution in [0, 0.1) is 6.92 Å². The van der Waals surface area contributed by atoms with E-state index >= 15 is 0 Å². The minimum absolute atomic E-state index is 0.322. The van der Waals surface area contributed by atoms with Gasteiger partial charge >= 0.3 is 0 Å². The molecule has 0 aliphatic heterocycles. The summed E-state index contributed by atoms with van der Waals surface area (Å²) in [6.45, 7) is 2.30. The Morgan fingerprint density at radius 1 is 1.28 bits per heavy atom. The normalized spacial score (nSPS) is 11.2. The summed E-state index contributed by atoms with van der Waals surface area (Å²) < 4.78 is 15.9. The number of hydrogen-bond donors (Lipinski definition) is 0. The fourth-order valence-electron chi connectivity index (χ4n) is 1.91. The molecule has 0 bridgehead atoms. The molecule has 2 heterocycles. The Kier molecular flexibility index (Phi) is 2.60. The molecule has 0 unspecified atom stereocenters. The van der Waals surface area contributed by atoms with Crippen LogP contribution in [-0.2, 0) is 11.3 Å². The van der Waals surface area contributed by atoms with E-state index in [-0.39, 0.29) is 0 Å². The first kappa shape index (κ1) is 11.0. The lowest BCUT2D eigenvalue weighted by atomic mass is 10.1. The van der Waals surface area contributed by atoms with Crippen LogP contribution in [-0.4, -0.2) is 17.3 Å². The summed E-state index contributed by atoms with van der Waals surface area (Å²) in [5.74, 6) is 1.51. The Labute approximate surface area is 103 Å². The summed E-state index contributed by atoms with van der Waals surface area (Å²) in [4.78, 5) is 4.23. The first-order valence-corrected chi connectivity index (χ1v) is 5.59. The number of para-hydroxylation sites is 1. The average Bonchev–Trinajstić information content (AvgIpc) is 2.96. The van der Waals surface area contributed by atoms with Gasteiger partial charge in [0.15, 0.2) is 11.6 Å². The van der Waals surface area contributed by atoms with Crippen molar-refractivity contribution in [1.82, 2.24) is 10.1 Å². The average molecular weight is 244 g/mol. The molecular formula is C13H12N2O3. The van der Waals surface area contributed by atoms with Gasteiger partial charge in [-0.15, -0.1) is 0 Å². The predicted octanol–water partition coefficient (Wildman–Crippen LogP) is 2.94. The van der Waals surface area contributed by atoms with Gasteiger partial charge in [0, 0.05) is 18.1 Å². The molecule has 5 nitrogen and oxygen atoms in total. The zero-order valence-electron chi connectivity index (χ0n) is 10.1. The molecule has 0 atom stereocenters. The van der Waals surface area contributed by atoms with Gasteiger partial charge < -0.3 is 13.7 Å². The van der Waals surface area contributed by atoms with E-state index in [4.69, 9.17) is 13.7 Å². The third-order valence-corrected chi connectivity index (χ3v) is 2.78. The van der Waals surface area contributed by atoms with Crippen LogP contribution < -0.4 is 0 Å². The Hall–Kier alpha value is -2.14. The molecule has 0 aliphatic carbocycles. The number of fused-ring (bicyclic) bond motifs is 1. The van der Waals surface area contributed by atoms with Gasteiger partial charge in [-0.25, -0.2) is 0 Å². The van der Waals surface area contributed by atoms with Gasteiger partial charge in [0.2, 0.25) is 0 Å². The van der Waals surface area contributed by atoms with Gasteiger partial charge in [-0.1, -0.05) is 23.4 Å². The molecule has 0 radical (unpaired) electrons. The van der Waals surface area contributed by atoms with Crippen molar-refractivity contribution in [3.63, 3.8) is 0 Å². The van der Waals surface area contributed by atoms with Crippen LogP contribution in [0.2, 0.25) is 0 Å². The van der Waals surface area contributed by atoms with Crippen LogP contribution in [0.4, 0.5) is 0 Å². The third-order valence-electron chi connectivity index (χ3n) is 2.78. The highest BCUT2D eigenvalue weighted by Gasteiger charge is 2.17. The largest absolute Gasteiger partial charge is 0.451 e. The van der Waals surface area contributed by atoms with E-state index in [9.17, 15) is 0 Å². The fraction of sp³-hybridized carbons (Fsp3) is 0.231. The SMILES string of the molecule is COCc1noc(-c2oc3ccccc3c2C)n1. The smallest absolute Gasteiger partial charge is 0.294 e. The number of benzene rings is 1. The fourth-order valence-corrected chi connectivity index (χ4v) is 1.91. The maximum Gasteiger partial charge on any atom is 0.294 e. The van der Waals surface area contributed by atoms with E-state index in [1.54, 1.807) is 7.11 Å². The maximum absolute atomic E-state index is 5.74. The van der Waals surface area contributed by atoms with E-state index in [2.05, 4.69) is 10.1 Å².